The van der Waals surface area contributed by atoms with Crippen molar-refractivity contribution in [3.8, 4) is 16.9 Å². The van der Waals surface area contributed by atoms with Gasteiger partial charge in [0.05, 0.1) is 24.1 Å². The number of fused-ring (bicyclic) bond motifs is 1. The number of carbonyl (C=O) groups excluding carboxylic acids is 1. The van der Waals surface area contributed by atoms with Gasteiger partial charge in [-0.2, -0.15) is 11.3 Å². The van der Waals surface area contributed by atoms with Crippen molar-refractivity contribution in [1.29, 1.82) is 0 Å². The Hall–Kier alpha value is -1.56. The lowest BCUT2D eigenvalue weighted by Gasteiger charge is -2.14. The number of amides is 1. The van der Waals surface area contributed by atoms with Crippen LogP contribution in [0.3, 0.4) is 0 Å². The van der Waals surface area contributed by atoms with Gasteiger partial charge in [0.1, 0.15) is 11.9 Å². The van der Waals surface area contributed by atoms with Crippen LogP contribution < -0.4 is 10.1 Å². The van der Waals surface area contributed by atoms with E-state index in [0.29, 0.717) is 24.8 Å². The molecular formula is C18H18ClNO3S. The third-order valence-corrected chi connectivity index (χ3v) is 5.48. The lowest BCUT2D eigenvalue weighted by molar-refractivity contribution is -0.125. The maximum atomic E-state index is 12.1. The van der Waals surface area contributed by atoms with Crippen LogP contribution in [0.4, 0.5) is 0 Å². The summed E-state index contributed by atoms with van der Waals surface area (Å²) in [7, 11) is 0. The molecule has 1 amide bonds. The SMILES string of the molecule is O=C(NC[C@@H]1Cc2cc(-c3ccsc3)cc(Cl)c2O1)[C@H]1CCOC1. The van der Waals surface area contributed by atoms with Gasteiger partial charge in [-0.1, -0.05) is 11.6 Å². The van der Waals surface area contributed by atoms with Gasteiger partial charge >= 0.3 is 0 Å². The van der Waals surface area contributed by atoms with E-state index in [4.69, 9.17) is 21.1 Å². The van der Waals surface area contributed by atoms with Crippen LogP contribution in [0.1, 0.15) is 12.0 Å². The maximum absolute atomic E-state index is 12.1. The highest BCUT2D eigenvalue weighted by Gasteiger charge is 2.28. The average molecular weight is 364 g/mol. The van der Waals surface area contributed by atoms with Crippen molar-refractivity contribution in [3.05, 3.63) is 39.5 Å². The number of rotatable bonds is 4. The molecule has 4 nitrogen and oxygen atoms in total. The minimum atomic E-state index is -0.0681. The van der Waals surface area contributed by atoms with E-state index in [-0.39, 0.29) is 17.9 Å². The Balaban J connectivity index is 1.42. The van der Waals surface area contributed by atoms with Crippen molar-refractivity contribution < 1.29 is 14.3 Å². The number of thiophene rings is 1. The van der Waals surface area contributed by atoms with E-state index < -0.39 is 0 Å². The number of hydrogen-bond donors (Lipinski definition) is 1. The van der Waals surface area contributed by atoms with Crippen LogP contribution in [0.15, 0.2) is 29.0 Å². The molecule has 1 saturated heterocycles. The van der Waals surface area contributed by atoms with Crippen molar-refractivity contribution >= 4 is 28.8 Å². The quantitative estimate of drug-likeness (QED) is 0.904. The second-order valence-electron chi connectivity index (χ2n) is 6.21. The monoisotopic (exact) mass is 363 g/mol. The standard InChI is InChI=1S/C18H18ClNO3S/c19-16-7-13(12-2-4-24-10-12)5-14-6-15(23-17(14)16)8-20-18(21)11-1-3-22-9-11/h2,4-5,7,10-11,15H,1,3,6,8-9H2,(H,20,21)/t11-,15-/m0/s1. The third kappa shape index (κ3) is 3.16. The Morgan fingerprint density at radius 3 is 3.04 bits per heavy atom. The average Bonchev–Trinajstić information content (AvgIpc) is 3.32. The highest BCUT2D eigenvalue weighted by molar-refractivity contribution is 7.08. The van der Waals surface area contributed by atoms with Crippen molar-refractivity contribution in [2.24, 2.45) is 5.92 Å². The fourth-order valence-corrected chi connectivity index (χ4v) is 4.15. The van der Waals surface area contributed by atoms with Gasteiger partial charge < -0.3 is 14.8 Å². The van der Waals surface area contributed by atoms with Gasteiger partial charge in [-0.3, -0.25) is 4.79 Å². The van der Waals surface area contributed by atoms with Crippen molar-refractivity contribution in [2.75, 3.05) is 19.8 Å². The molecule has 0 aliphatic carbocycles. The molecular weight excluding hydrogens is 346 g/mol. The smallest absolute Gasteiger partial charge is 0.225 e. The van der Waals surface area contributed by atoms with Gasteiger partial charge in [-0.25, -0.2) is 0 Å². The molecule has 2 aromatic rings. The molecule has 24 heavy (non-hydrogen) atoms. The second-order valence-corrected chi connectivity index (χ2v) is 7.40. The zero-order valence-corrected chi connectivity index (χ0v) is 14.7. The van der Waals surface area contributed by atoms with Crippen LogP contribution in [0.25, 0.3) is 11.1 Å². The highest BCUT2D eigenvalue weighted by atomic mass is 35.5. The van der Waals surface area contributed by atoms with E-state index in [1.54, 1.807) is 11.3 Å². The minimum Gasteiger partial charge on any atom is -0.486 e. The Morgan fingerprint density at radius 1 is 1.38 bits per heavy atom. The summed E-state index contributed by atoms with van der Waals surface area (Å²) in [6, 6.07) is 6.16. The van der Waals surface area contributed by atoms with E-state index in [0.717, 1.165) is 29.7 Å². The van der Waals surface area contributed by atoms with E-state index in [9.17, 15) is 4.79 Å². The molecule has 3 heterocycles. The summed E-state index contributed by atoms with van der Waals surface area (Å²) in [5.74, 6) is 0.777. The summed E-state index contributed by atoms with van der Waals surface area (Å²) in [6.45, 7) is 1.69. The molecule has 0 unspecified atom stereocenters. The first-order chi connectivity index (χ1) is 11.7. The van der Waals surface area contributed by atoms with Crippen molar-refractivity contribution in [3.63, 3.8) is 0 Å². The Bertz CT molecular complexity index is 741. The fraction of sp³-hybridized carbons (Fsp3) is 0.389. The Labute approximate surface area is 149 Å². The summed E-state index contributed by atoms with van der Waals surface area (Å²) < 4.78 is 11.2. The van der Waals surface area contributed by atoms with Crippen LogP contribution in [0.2, 0.25) is 5.02 Å². The van der Waals surface area contributed by atoms with E-state index >= 15 is 0 Å². The maximum Gasteiger partial charge on any atom is 0.225 e. The first kappa shape index (κ1) is 15.9. The van der Waals surface area contributed by atoms with E-state index in [1.165, 1.54) is 5.56 Å². The molecule has 1 N–H and O–H groups in total. The van der Waals surface area contributed by atoms with Gasteiger partial charge in [0.25, 0.3) is 0 Å². The molecule has 2 aliphatic rings. The lowest BCUT2D eigenvalue weighted by Crippen LogP contribution is -2.38. The van der Waals surface area contributed by atoms with Gasteiger partial charge in [0.15, 0.2) is 0 Å². The number of hydrogen-bond acceptors (Lipinski definition) is 4. The normalized spacial score (nSPS) is 22.2. The highest BCUT2D eigenvalue weighted by Crippen LogP contribution is 2.39. The minimum absolute atomic E-state index is 0.0254. The molecule has 0 radical (unpaired) electrons. The lowest BCUT2D eigenvalue weighted by atomic mass is 10.0. The number of ether oxygens (including phenoxy) is 2. The van der Waals surface area contributed by atoms with Crippen molar-refractivity contribution in [2.45, 2.75) is 18.9 Å². The van der Waals surface area contributed by atoms with Gasteiger partial charge in [0.2, 0.25) is 5.91 Å². The number of halogens is 1. The van der Waals surface area contributed by atoms with Crippen LogP contribution in [-0.2, 0) is 16.0 Å². The molecule has 2 atom stereocenters. The molecule has 1 aromatic heterocycles. The topological polar surface area (TPSA) is 47.6 Å². The molecule has 126 valence electrons. The first-order valence-electron chi connectivity index (χ1n) is 8.08. The van der Waals surface area contributed by atoms with Gasteiger partial charge in [-0.15, -0.1) is 0 Å². The predicted octanol–water partition coefficient (Wildman–Crippen LogP) is 3.52. The first-order valence-corrected chi connectivity index (χ1v) is 9.40. The van der Waals surface area contributed by atoms with Crippen LogP contribution in [-0.4, -0.2) is 31.8 Å². The third-order valence-electron chi connectivity index (χ3n) is 4.51. The molecule has 1 fully saturated rings. The fourth-order valence-electron chi connectivity index (χ4n) is 3.20. The zero-order valence-electron chi connectivity index (χ0n) is 13.1. The molecule has 1 aromatic carbocycles. The predicted molar refractivity (Wildman–Crippen MR) is 94.8 cm³/mol. The van der Waals surface area contributed by atoms with Crippen LogP contribution in [0.5, 0.6) is 5.75 Å². The van der Waals surface area contributed by atoms with Crippen LogP contribution >= 0.6 is 22.9 Å². The number of benzene rings is 1. The number of carbonyl (C=O) groups is 1. The van der Waals surface area contributed by atoms with Crippen molar-refractivity contribution in [1.82, 2.24) is 5.32 Å². The summed E-state index contributed by atoms with van der Waals surface area (Å²) in [6.07, 6.45) is 1.49. The molecule has 2 aliphatic heterocycles. The van der Waals surface area contributed by atoms with Crippen LogP contribution in [0, 0.1) is 5.92 Å². The largest absolute Gasteiger partial charge is 0.486 e. The van der Waals surface area contributed by atoms with Gasteiger partial charge in [-0.05, 0) is 46.5 Å². The Kier molecular flexibility index (Phi) is 4.48. The molecule has 6 heteroatoms. The Morgan fingerprint density at radius 2 is 2.29 bits per heavy atom. The summed E-state index contributed by atoms with van der Waals surface area (Å²) >= 11 is 8.06. The molecule has 0 saturated carbocycles. The zero-order chi connectivity index (χ0) is 16.5. The second kappa shape index (κ2) is 6.75. The summed E-state index contributed by atoms with van der Waals surface area (Å²) in [4.78, 5) is 12.1. The van der Waals surface area contributed by atoms with Gasteiger partial charge in [0, 0.05) is 18.6 Å². The van der Waals surface area contributed by atoms with E-state index in [2.05, 4.69) is 28.2 Å². The molecule has 4 rings (SSSR count). The summed E-state index contributed by atoms with van der Waals surface area (Å²) in [5.41, 5.74) is 3.38. The molecule has 0 spiro atoms. The summed E-state index contributed by atoms with van der Waals surface area (Å²) in [5, 5.41) is 7.77. The van der Waals surface area contributed by atoms with E-state index in [1.807, 2.05) is 6.07 Å². The molecule has 0 bridgehead atoms. The number of nitrogens with one attached hydrogen (secondary N) is 1.